The molecule has 7 heteroatoms. The third-order valence-electron chi connectivity index (χ3n) is 2.78. The predicted molar refractivity (Wildman–Crippen MR) is 78.5 cm³/mol. The van der Waals surface area contributed by atoms with E-state index in [0.29, 0.717) is 12.0 Å². The fourth-order valence-corrected chi connectivity index (χ4v) is 2.26. The molecule has 0 aromatic heterocycles. The van der Waals surface area contributed by atoms with Crippen molar-refractivity contribution in [2.45, 2.75) is 32.9 Å². The Morgan fingerprint density at radius 2 is 2.15 bits per heavy atom. The maximum atomic E-state index is 11.1. The van der Waals surface area contributed by atoms with Crippen LogP contribution in [0.2, 0.25) is 0 Å². The van der Waals surface area contributed by atoms with E-state index in [4.69, 9.17) is 5.11 Å². The summed E-state index contributed by atoms with van der Waals surface area (Å²) >= 11 is 3.25. The first-order valence-corrected chi connectivity index (χ1v) is 6.99. The molecule has 0 aliphatic heterocycles. The van der Waals surface area contributed by atoms with E-state index in [-0.39, 0.29) is 18.2 Å². The van der Waals surface area contributed by atoms with Crippen molar-refractivity contribution in [2.75, 3.05) is 0 Å². The number of carboxylic acid groups (broad SMARTS) is 1. The molecular formula is C13H17BrN2O4. The number of nitro groups is 1. The maximum Gasteiger partial charge on any atom is 0.320 e. The van der Waals surface area contributed by atoms with Crippen molar-refractivity contribution in [3.05, 3.63) is 38.3 Å². The highest BCUT2D eigenvalue weighted by Crippen LogP contribution is 2.23. The largest absolute Gasteiger partial charge is 0.480 e. The Hall–Kier alpha value is -1.47. The fourth-order valence-electron chi connectivity index (χ4n) is 1.85. The molecule has 0 spiro atoms. The van der Waals surface area contributed by atoms with Crippen molar-refractivity contribution in [3.63, 3.8) is 0 Å². The van der Waals surface area contributed by atoms with Crippen LogP contribution in [0.5, 0.6) is 0 Å². The summed E-state index contributed by atoms with van der Waals surface area (Å²) in [7, 11) is 0. The van der Waals surface area contributed by atoms with Crippen molar-refractivity contribution >= 4 is 27.6 Å². The normalized spacial score (nSPS) is 12.4. The van der Waals surface area contributed by atoms with Crippen LogP contribution in [0.1, 0.15) is 25.8 Å². The van der Waals surface area contributed by atoms with Gasteiger partial charge in [-0.05, 0) is 24.5 Å². The summed E-state index contributed by atoms with van der Waals surface area (Å²) in [6.07, 6.45) is 0.469. The number of halogens is 1. The molecule has 1 atom stereocenters. The zero-order valence-corrected chi connectivity index (χ0v) is 12.9. The summed E-state index contributed by atoms with van der Waals surface area (Å²) in [5.41, 5.74) is 0.439. The van der Waals surface area contributed by atoms with Crippen LogP contribution < -0.4 is 5.32 Å². The van der Waals surface area contributed by atoms with Gasteiger partial charge in [-0.25, -0.2) is 0 Å². The van der Waals surface area contributed by atoms with E-state index in [0.717, 1.165) is 4.47 Å². The Balaban J connectivity index is 2.84. The summed E-state index contributed by atoms with van der Waals surface area (Å²) in [6, 6.07) is 3.90. The molecule has 0 saturated heterocycles. The Morgan fingerprint density at radius 1 is 1.50 bits per heavy atom. The van der Waals surface area contributed by atoms with Gasteiger partial charge in [0.25, 0.3) is 5.69 Å². The molecule has 2 N–H and O–H groups in total. The first-order valence-electron chi connectivity index (χ1n) is 6.20. The number of nitrogens with zero attached hydrogens (tertiary/aromatic N) is 1. The molecule has 0 amide bonds. The van der Waals surface area contributed by atoms with Crippen LogP contribution in [0, 0.1) is 16.0 Å². The molecule has 6 nitrogen and oxygen atoms in total. The van der Waals surface area contributed by atoms with Gasteiger partial charge in [0, 0.05) is 22.6 Å². The number of aliphatic carboxylic acids is 1. The number of nitro benzene ring substituents is 1. The number of rotatable bonds is 7. The Kier molecular flexibility index (Phi) is 6.09. The monoisotopic (exact) mass is 344 g/mol. The number of benzene rings is 1. The molecule has 1 rings (SSSR count). The standard InChI is InChI=1S/C13H17BrN2O4/c1-8(2)5-11(13(17)18)15-7-9-6-10(14)3-4-12(9)16(19)20/h3-4,6,8,11,15H,5,7H2,1-2H3,(H,17,18). The Labute approximate surface area is 125 Å². The second-order valence-electron chi connectivity index (χ2n) is 4.93. The van der Waals surface area contributed by atoms with E-state index < -0.39 is 16.9 Å². The average molecular weight is 345 g/mol. The summed E-state index contributed by atoms with van der Waals surface area (Å²) in [5.74, 6) is -0.725. The predicted octanol–water partition coefficient (Wildman–Crippen LogP) is 2.95. The first kappa shape index (κ1) is 16.6. The smallest absolute Gasteiger partial charge is 0.320 e. The van der Waals surface area contributed by atoms with Crippen molar-refractivity contribution < 1.29 is 14.8 Å². The van der Waals surface area contributed by atoms with Crippen LogP contribution >= 0.6 is 15.9 Å². The third-order valence-corrected chi connectivity index (χ3v) is 3.28. The number of hydrogen-bond donors (Lipinski definition) is 2. The minimum Gasteiger partial charge on any atom is -0.480 e. The van der Waals surface area contributed by atoms with Gasteiger partial charge in [0.2, 0.25) is 0 Å². The van der Waals surface area contributed by atoms with Gasteiger partial charge >= 0.3 is 5.97 Å². The third kappa shape index (κ3) is 4.90. The fraction of sp³-hybridized carbons (Fsp3) is 0.462. The quantitative estimate of drug-likeness (QED) is 0.585. The van der Waals surface area contributed by atoms with E-state index in [1.807, 2.05) is 13.8 Å². The van der Waals surface area contributed by atoms with Crippen LogP contribution in [-0.4, -0.2) is 22.0 Å². The van der Waals surface area contributed by atoms with E-state index in [1.165, 1.54) is 6.07 Å². The van der Waals surface area contributed by atoms with Crippen LogP contribution in [0.25, 0.3) is 0 Å². The average Bonchev–Trinajstić information content (AvgIpc) is 2.33. The lowest BCUT2D eigenvalue weighted by molar-refractivity contribution is -0.385. The summed E-state index contributed by atoms with van der Waals surface area (Å²) in [5, 5.41) is 22.9. The molecule has 110 valence electrons. The highest BCUT2D eigenvalue weighted by Gasteiger charge is 2.20. The van der Waals surface area contributed by atoms with Crippen molar-refractivity contribution in [2.24, 2.45) is 5.92 Å². The summed E-state index contributed by atoms with van der Waals surface area (Å²) in [6.45, 7) is 4.00. The van der Waals surface area contributed by atoms with Crippen LogP contribution in [0.3, 0.4) is 0 Å². The molecule has 0 saturated carbocycles. The van der Waals surface area contributed by atoms with Crippen LogP contribution in [0.4, 0.5) is 5.69 Å². The Bertz CT molecular complexity index is 505. The topological polar surface area (TPSA) is 92.5 Å². The lowest BCUT2D eigenvalue weighted by Crippen LogP contribution is -2.37. The number of carbonyl (C=O) groups is 1. The zero-order chi connectivity index (χ0) is 15.3. The molecular weight excluding hydrogens is 328 g/mol. The molecule has 0 aliphatic rings. The highest BCUT2D eigenvalue weighted by atomic mass is 79.9. The van der Waals surface area contributed by atoms with Gasteiger partial charge in [-0.3, -0.25) is 14.9 Å². The van der Waals surface area contributed by atoms with E-state index >= 15 is 0 Å². The number of carboxylic acids is 1. The molecule has 1 unspecified atom stereocenters. The van der Waals surface area contributed by atoms with Gasteiger partial charge in [-0.15, -0.1) is 0 Å². The van der Waals surface area contributed by atoms with Gasteiger partial charge in [0.1, 0.15) is 6.04 Å². The second kappa shape index (κ2) is 7.35. The molecule has 0 aliphatic carbocycles. The lowest BCUT2D eigenvalue weighted by atomic mass is 10.0. The minimum atomic E-state index is -0.948. The van der Waals surface area contributed by atoms with Crippen LogP contribution in [0.15, 0.2) is 22.7 Å². The highest BCUT2D eigenvalue weighted by molar-refractivity contribution is 9.10. The first-order chi connectivity index (χ1) is 9.31. The van der Waals surface area contributed by atoms with Gasteiger partial charge in [0.05, 0.1) is 4.92 Å². The minimum absolute atomic E-state index is 0.0191. The number of hydrogen-bond acceptors (Lipinski definition) is 4. The van der Waals surface area contributed by atoms with Gasteiger partial charge in [-0.1, -0.05) is 29.8 Å². The number of nitrogens with one attached hydrogen (secondary N) is 1. The van der Waals surface area contributed by atoms with Crippen molar-refractivity contribution in [1.29, 1.82) is 0 Å². The molecule has 0 bridgehead atoms. The van der Waals surface area contributed by atoms with E-state index in [2.05, 4.69) is 21.2 Å². The van der Waals surface area contributed by atoms with Crippen molar-refractivity contribution in [1.82, 2.24) is 5.32 Å². The Morgan fingerprint density at radius 3 is 2.65 bits per heavy atom. The molecule has 0 radical (unpaired) electrons. The van der Waals surface area contributed by atoms with Gasteiger partial charge < -0.3 is 10.4 Å². The molecule has 1 aromatic carbocycles. The lowest BCUT2D eigenvalue weighted by Gasteiger charge is -2.16. The maximum absolute atomic E-state index is 11.1. The summed E-state index contributed by atoms with van der Waals surface area (Å²) in [4.78, 5) is 21.6. The van der Waals surface area contributed by atoms with E-state index in [1.54, 1.807) is 12.1 Å². The summed E-state index contributed by atoms with van der Waals surface area (Å²) < 4.78 is 0.718. The molecule has 20 heavy (non-hydrogen) atoms. The zero-order valence-electron chi connectivity index (χ0n) is 11.3. The van der Waals surface area contributed by atoms with Crippen molar-refractivity contribution in [3.8, 4) is 0 Å². The van der Waals surface area contributed by atoms with Crippen LogP contribution in [-0.2, 0) is 11.3 Å². The van der Waals surface area contributed by atoms with Gasteiger partial charge in [0.15, 0.2) is 0 Å². The second-order valence-corrected chi connectivity index (χ2v) is 5.85. The molecule has 0 fully saturated rings. The van der Waals surface area contributed by atoms with Gasteiger partial charge in [-0.2, -0.15) is 0 Å². The SMILES string of the molecule is CC(C)CC(NCc1cc(Br)ccc1[N+](=O)[O-])C(=O)O. The molecule has 1 aromatic rings. The van der Waals surface area contributed by atoms with E-state index in [9.17, 15) is 14.9 Å². The molecule has 0 heterocycles.